The molecule has 0 aliphatic carbocycles. The maximum Gasteiger partial charge on any atom is 0.240 e. The molecule has 0 bridgehead atoms. The van der Waals surface area contributed by atoms with Gasteiger partial charge in [-0.05, 0) is 30.2 Å². The molecule has 2 N–H and O–H groups in total. The van der Waals surface area contributed by atoms with E-state index in [1.807, 2.05) is 13.8 Å². The Bertz CT molecular complexity index is 473. The van der Waals surface area contributed by atoms with Gasteiger partial charge in [0, 0.05) is 11.1 Å². The van der Waals surface area contributed by atoms with Gasteiger partial charge in [0.05, 0.1) is 11.5 Å². The molecule has 0 saturated heterocycles. The number of aliphatic hydroxyl groups excluding tert-OH is 1. The summed E-state index contributed by atoms with van der Waals surface area (Å²) in [6, 6.07) is 5.45. The van der Waals surface area contributed by atoms with E-state index in [2.05, 4.69) is 4.72 Å². The van der Waals surface area contributed by atoms with Gasteiger partial charge in [-0.25, -0.2) is 13.1 Å². The van der Waals surface area contributed by atoms with E-state index in [0.29, 0.717) is 5.02 Å². The molecule has 0 fully saturated rings. The van der Waals surface area contributed by atoms with E-state index in [-0.39, 0.29) is 17.4 Å². The summed E-state index contributed by atoms with van der Waals surface area (Å²) in [6.45, 7) is 3.62. The Morgan fingerprint density at radius 1 is 1.33 bits per heavy atom. The average molecular weight is 292 g/mol. The molecule has 18 heavy (non-hydrogen) atoms. The molecule has 6 heteroatoms. The fourth-order valence-electron chi connectivity index (χ4n) is 1.50. The SMILES string of the molecule is CC[C@@H](C)[C@H](CO)NS(=O)(=O)c1ccc(Cl)cc1. The van der Waals surface area contributed by atoms with Crippen LogP contribution in [0.5, 0.6) is 0 Å². The average Bonchev–Trinajstić information content (AvgIpc) is 2.35. The van der Waals surface area contributed by atoms with Crippen LogP contribution in [0.3, 0.4) is 0 Å². The zero-order chi connectivity index (χ0) is 13.8. The molecule has 0 unspecified atom stereocenters. The monoisotopic (exact) mass is 291 g/mol. The first-order valence-corrected chi connectivity index (χ1v) is 7.65. The number of aliphatic hydroxyl groups is 1. The summed E-state index contributed by atoms with van der Waals surface area (Å²) in [4.78, 5) is 0.147. The molecule has 0 saturated carbocycles. The molecule has 1 aromatic carbocycles. The highest BCUT2D eigenvalue weighted by atomic mass is 35.5. The lowest BCUT2D eigenvalue weighted by molar-refractivity contribution is 0.219. The van der Waals surface area contributed by atoms with Crippen LogP contribution in [0.4, 0.5) is 0 Å². The van der Waals surface area contributed by atoms with Gasteiger partial charge in [0.1, 0.15) is 0 Å². The van der Waals surface area contributed by atoms with Gasteiger partial charge in [-0.3, -0.25) is 0 Å². The lowest BCUT2D eigenvalue weighted by atomic mass is 10.0. The van der Waals surface area contributed by atoms with Crippen LogP contribution in [0.15, 0.2) is 29.2 Å². The summed E-state index contributed by atoms with van der Waals surface area (Å²) < 4.78 is 26.6. The molecule has 1 aromatic rings. The minimum Gasteiger partial charge on any atom is -0.395 e. The molecule has 4 nitrogen and oxygen atoms in total. The Labute approximate surface area is 113 Å². The number of sulfonamides is 1. The van der Waals surface area contributed by atoms with Crippen LogP contribution in [-0.2, 0) is 10.0 Å². The molecule has 102 valence electrons. The van der Waals surface area contributed by atoms with Gasteiger partial charge >= 0.3 is 0 Å². The van der Waals surface area contributed by atoms with Crippen LogP contribution < -0.4 is 4.72 Å². The van der Waals surface area contributed by atoms with Crippen molar-refractivity contribution in [3.63, 3.8) is 0 Å². The van der Waals surface area contributed by atoms with Crippen LogP contribution in [0.2, 0.25) is 5.02 Å². The van der Waals surface area contributed by atoms with Crippen LogP contribution in [0.1, 0.15) is 20.3 Å². The molecule has 0 radical (unpaired) electrons. The minimum atomic E-state index is -3.61. The molecule has 0 heterocycles. The molecular weight excluding hydrogens is 274 g/mol. The van der Waals surface area contributed by atoms with E-state index in [1.54, 1.807) is 0 Å². The second kappa shape index (κ2) is 6.52. The van der Waals surface area contributed by atoms with Gasteiger partial charge in [0.25, 0.3) is 0 Å². The molecule has 2 atom stereocenters. The first kappa shape index (κ1) is 15.4. The standard InChI is InChI=1S/C12H18ClNO3S/c1-3-9(2)12(8-15)14-18(16,17)11-6-4-10(13)5-7-11/h4-7,9,12,14-15H,3,8H2,1-2H3/t9-,12+/m1/s1. The van der Waals surface area contributed by atoms with Crippen LogP contribution in [0, 0.1) is 5.92 Å². The molecule has 0 amide bonds. The Morgan fingerprint density at radius 3 is 2.33 bits per heavy atom. The van der Waals surface area contributed by atoms with Crippen molar-refractivity contribution < 1.29 is 13.5 Å². The normalized spacial score (nSPS) is 15.3. The smallest absolute Gasteiger partial charge is 0.240 e. The van der Waals surface area contributed by atoms with Crippen molar-refractivity contribution in [2.75, 3.05) is 6.61 Å². The van der Waals surface area contributed by atoms with Crippen molar-refractivity contribution in [3.05, 3.63) is 29.3 Å². The van der Waals surface area contributed by atoms with E-state index >= 15 is 0 Å². The number of nitrogens with one attached hydrogen (secondary N) is 1. The van der Waals surface area contributed by atoms with Gasteiger partial charge in [-0.15, -0.1) is 0 Å². The summed E-state index contributed by atoms with van der Waals surface area (Å²) in [6.07, 6.45) is 0.786. The summed E-state index contributed by atoms with van der Waals surface area (Å²) in [5.41, 5.74) is 0. The van der Waals surface area contributed by atoms with Crippen molar-refractivity contribution in [3.8, 4) is 0 Å². The van der Waals surface area contributed by atoms with Crippen molar-refractivity contribution in [1.29, 1.82) is 0 Å². The largest absolute Gasteiger partial charge is 0.395 e. The number of hydrogen-bond donors (Lipinski definition) is 2. The van der Waals surface area contributed by atoms with E-state index in [0.717, 1.165) is 6.42 Å². The van der Waals surface area contributed by atoms with Crippen molar-refractivity contribution in [2.24, 2.45) is 5.92 Å². The van der Waals surface area contributed by atoms with Gasteiger partial charge in [-0.1, -0.05) is 31.9 Å². The lowest BCUT2D eigenvalue weighted by Gasteiger charge is -2.21. The number of halogens is 1. The summed E-state index contributed by atoms with van der Waals surface area (Å²) in [5, 5.41) is 9.71. The predicted molar refractivity (Wildman–Crippen MR) is 72.1 cm³/mol. The third-order valence-corrected chi connectivity index (χ3v) is 4.72. The second-order valence-electron chi connectivity index (χ2n) is 4.25. The number of rotatable bonds is 6. The lowest BCUT2D eigenvalue weighted by Crippen LogP contribution is -2.41. The topological polar surface area (TPSA) is 66.4 Å². The Hall–Kier alpha value is -0.620. The van der Waals surface area contributed by atoms with Gasteiger partial charge in [-0.2, -0.15) is 0 Å². The van der Waals surface area contributed by atoms with E-state index < -0.39 is 16.1 Å². The molecule has 1 rings (SSSR count). The third-order valence-electron chi connectivity index (χ3n) is 2.96. The maximum absolute atomic E-state index is 12.1. The highest BCUT2D eigenvalue weighted by Crippen LogP contribution is 2.16. The first-order chi connectivity index (χ1) is 8.40. The van der Waals surface area contributed by atoms with Gasteiger partial charge in [0.2, 0.25) is 10.0 Å². The van der Waals surface area contributed by atoms with E-state index in [1.165, 1.54) is 24.3 Å². The molecule has 0 aliphatic heterocycles. The summed E-state index contributed by atoms with van der Waals surface area (Å²) >= 11 is 5.71. The van der Waals surface area contributed by atoms with E-state index in [9.17, 15) is 13.5 Å². The van der Waals surface area contributed by atoms with Crippen LogP contribution in [-0.4, -0.2) is 26.2 Å². The third kappa shape index (κ3) is 3.95. The van der Waals surface area contributed by atoms with Crippen LogP contribution in [0.25, 0.3) is 0 Å². The first-order valence-electron chi connectivity index (χ1n) is 5.79. The predicted octanol–water partition coefficient (Wildman–Crippen LogP) is 2.03. The molecule has 0 aromatic heterocycles. The van der Waals surface area contributed by atoms with E-state index in [4.69, 9.17) is 11.6 Å². The zero-order valence-corrected chi connectivity index (χ0v) is 12.0. The maximum atomic E-state index is 12.1. The highest BCUT2D eigenvalue weighted by Gasteiger charge is 2.22. The number of benzene rings is 1. The Balaban J connectivity index is 2.90. The minimum absolute atomic E-state index is 0.0667. The van der Waals surface area contributed by atoms with Gasteiger partial charge in [0.15, 0.2) is 0 Å². The molecular formula is C12H18ClNO3S. The highest BCUT2D eigenvalue weighted by molar-refractivity contribution is 7.89. The summed E-state index contributed by atoms with van der Waals surface area (Å²) in [5.74, 6) is 0.0667. The van der Waals surface area contributed by atoms with Crippen molar-refractivity contribution in [1.82, 2.24) is 4.72 Å². The van der Waals surface area contributed by atoms with Gasteiger partial charge < -0.3 is 5.11 Å². The molecule has 0 aliphatic rings. The Morgan fingerprint density at radius 2 is 1.89 bits per heavy atom. The zero-order valence-electron chi connectivity index (χ0n) is 10.4. The van der Waals surface area contributed by atoms with Crippen LogP contribution >= 0.6 is 11.6 Å². The van der Waals surface area contributed by atoms with Crippen molar-refractivity contribution in [2.45, 2.75) is 31.2 Å². The number of hydrogen-bond acceptors (Lipinski definition) is 3. The summed E-state index contributed by atoms with van der Waals surface area (Å²) in [7, 11) is -3.61. The Kier molecular flexibility index (Phi) is 5.59. The quantitative estimate of drug-likeness (QED) is 0.843. The fraction of sp³-hybridized carbons (Fsp3) is 0.500. The molecule has 0 spiro atoms. The fourth-order valence-corrected chi connectivity index (χ4v) is 2.96. The second-order valence-corrected chi connectivity index (χ2v) is 6.40. The van der Waals surface area contributed by atoms with Crippen molar-refractivity contribution >= 4 is 21.6 Å².